The standard InChI is InChI=1S/C14H20O3/c1-3-4-5-11(2)17-13-8-6-12(7-9-13)10-14(15)16/h6-9,11H,3-5,10H2,1-2H3,(H,15,16). The van der Waals surface area contributed by atoms with Crippen LogP contribution >= 0.6 is 0 Å². The molecule has 0 radical (unpaired) electrons. The summed E-state index contributed by atoms with van der Waals surface area (Å²) in [5.74, 6) is -0.00211. The van der Waals surface area contributed by atoms with Crippen molar-refractivity contribution in [2.45, 2.75) is 45.6 Å². The molecule has 0 aliphatic rings. The first-order valence-electron chi connectivity index (χ1n) is 6.09. The van der Waals surface area contributed by atoms with Crippen molar-refractivity contribution in [1.29, 1.82) is 0 Å². The molecule has 3 nitrogen and oxygen atoms in total. The molecule has 0 saturated heterocycles. The van der Waals surface area contributed by atoms with Crippen LogP contribution in [0.3, 0.4) is 0 Å². The van der Waals surface area contributed by atoms with Gasteiger partial charge in [0, 0.05) is 0 Å². The highest BCUT2D eigenvalue weighted by Crippen LogP contribution is 2.16. The number of carboxylic acid groups (broad SMARTS) is 1. The van der Waals surface area contributed by atoms with Gasteiger partial charge in [-0.1, -0.05) is 31.9 Å². The second-order valence-corrected chi connectivity index (χ2v) is 4.29. The quantitative estimate of drug-likeness (QED) is 0.790. The first-order chi connectivity index (χ1) is 8.11. The zero-order valence-electron chi connectivity index (χ0n) is 10.5. The summed E-state index contributed by atoms with van der Waals surface area (Å²) in [7, 11) is 0. The summed E-state index contributed by atoms with van der Waals surface area (Å²) in [6.45, 7) is 4.22. The minimum absolute atomic E-state index is 0.0612. The maximum Gasteiger partial charge on any atom is 0.307 e. The first-order valence-corrected chi connectivity index (χ1v) is 6.09. The molecule has 3 heteroatoms. The molecule has 0 amide bonds. The van der Waals surface area contributed by atoms with Gasteiger partial charge in [-0.05, 0) is 31.0 Å². The fourth-order valence-electron chi connectivity index (χ4n) is 1.64. The van der Waals surface area contributed by atoms with Crippen molar-refractivity contribution in [3.63, 3.8) is 0 Å². The Morgan fingerprint density at radius 2 is 2.00 bits per heavy atom. The molecule has 1 aromatic rings. The van der Waals surface area contributed by atoms with E-state index in [1.165, 1.54) is 6.42 Å². The lowest BCUT2D eigenvalue weighted by atomic mass is 10.1. The number of benzene rings is 1. The fourth-order valence-corrected chi connectivity index (χ4v) is 1.64. The van der Waals surface area contributed by atoms with E-state index in [2.05, 4.69) is 13.8 Å². The van der Waals surface area contributed by atoms with Gasteiger partial charge in [-0.15, -0.1) is 0 Å². The molecule has 0 fully saturated rings. The van der Waals surface area contributed by atoms with E-state index in [0.29, 0.717) is 0 Å². The molecule has 0 aliphatic carbocycles. The largest absolute Gasteiger partial charge is 0.491 e. The average molecular weight is 236 g/mol. The molecule has 0 bridgehead atoms. The van der Waals surface area contributed by atoms with Crippen molar-refractivity contribution in [2.24, 2.45) is 0 Å². The summed E-state index contributed by atoms with van der Waals surface area (Å²) in [5.41, 5.74) is 0.797. The third-order valence-electron chi connectivity index (χ3n) is 2.58. The molecule has 1 unspecified atom stereocenters. The Labute approximate surface area is 102 Å². The summed E-state index contributed by atoms with van der Waals surface area (Å²) in [4.78, 5) is 10.5. The zero-order chi connectivity index (χ0) is 12.7. The van der Waals surface area contributed by atoms with Crippen molar-refractivity contribution in [1.82, 2.24) is 0 Å². The Balaban J connectivity index is 2.47. The van der Waals surface area contributed by atoms with Crippen LogP contribution in [-0.4, -0.2) is 17.2 Å². The predicted molar refractivity (Wildman–Crippen MR) is 67.4 cm³/mol. The van der Waals surface area contributed by atoms with Crippen LogP contribution < -0.4 is 4.74 Å². The normalized spacial score (nSPS) is 12.1. The van der Waals surface area contributed by atoms with Crippen LogP contribution in [0, 0.1) is 0 Å². The SMILES string of the molecule is CCCCC(C)Oc1ccc(CC(=O)O)cc1. The molecule has 0 aromatic heterocycles. The Hall–Kier alpha value is -1.51. The van der Waals surface area contributed by atoms with E-state index in [9.17, 15) is 4.79 Å². The lowest BCUT2D eigenvalue weighted by molar-refractivity contribution is -0.136. The van der Waals surface area contributed by atoms with Gasteiger partial charge in [-0.25, -0.2) is 0 Å². The second-order valence-electron chi connectivity index (χ2n) is 4.29. The summed E-state index contributed by atoms with van der Waals surface area (Å²) < 4.78 is 5.73. The highest BCUT2D eigenvalue weighted by atomic mass is 16.5. The molecule has 1 N–H and O–H groups in total. The number of unbranched alkanes of at least 4 members (excludes halogenated alkanes) is 1. The smallest absolute Gasteiger partial charge is 0.307 e. The topological polar surface area (TPSA) is 46.5 Å². The molecule has 0 saturated carbocycles. The number of carboxylic acids is 1. The number of carbonyl (C=O) groups is 1. The van der Waals surface area contributed by atoms with Crippen LogP contribution in [-0.2, 0) is 11.2 Å². The van der Waals surface area contributed by atoms with Crippen LogP contribution in [0.2, 0.25) is 0 Å². The van der Waals surface area contributed by atoms with Crippen LogP contribution in [0.5, 0.6) is 5.75 Å². The zero-order valence-corrected chi connectivity index (χ0v) is 10.5. The fraction of sp³-hybridized carbons (Fsp3) is 0.500. The molecule has 17 heavy (non-hydrogen) atoms. The van der Waals surface area contributed by atoms with Gasteiger partial charge in [0.05, 0.1) is 12.5 Å². The Morgan fingerprint density at radius 3 is 2.53 bits per heavy atom. The van der Waals surface area contributed by atoms with Crippen molar-refractivity contribution in [3.05, 3.63) is 29.8 Å². The van der Waals surface area contributed by atoms with E-state index >= 15 is 0 Å². The number of rotatable bonds is 7. The van der Waals surface area contributed by atoms with E-state index in [1.54, 1.807) is 12.1 Å². The first kappa shape index (κ1) is 13.6. The number of ether oxygens (including phenoxy) is 1. The van der Waals surface area contributed by atoms with Crippen molar-refractivity contribution >= 4 is 5.97 Å². The van der Waals surface area contributed by atoms with E-state index in [-0.39, 0.29) is 12.5 Å². The number of aliphatic carboxylic acids is 1. The number of hydrogen-bond donors (Lipinski definition) is 1. The van der Waals surface area contributed by atoms with Gasteiger partial charge in [0.1, 0.15) is 5.75 Å². The van der Waals surface area contributed by atoms with E-state index in [4.69, 9.17) is 9.84 Å². The summed E-state index contributed by atoms with van der Waals surface area (Å²) >= 11 is 0. The Kier molecular flexibility index (Phi) is 5.53. The van der Waals surface area contributed by atoms with Crippen LogP contribution in [0.1, 0.15) is 38.7 Å². The predicted octanol–water partition coefficient (Wildman–Crippen LogP) is 3.27. The van der Waals surface area contributed by atoms with Gasteiger partial charge >= 0.3 is 5.97 Å². The summed E-state index contributed by atoms with van der Waals surface area (Å²) in [5, 5.41) is 8.65. The van der Waals surface area contributed by atoms with Crippen molar-refractivity contribution < 1.29 is 14.6 Å². The summed E-state index contributed by atoms with van der Waals surface area (Å²) in [6, 6.07) is 7.27. The van der Waals surface area contributed by atoms with Gasteiger partial charge in [0.15, 0.2) is 0 Å². The highest BCUT2D eigenvalue weighted by molar-refractivity contribution is 5.70. The Morgan fingerprint density at radius 1 is 1.35 bits per heavy atom. The molecular weight excluding hydrogens is 216 g/mol. The second kappa shape index (κ2) is 6.94. The maximum absolute atomic E-state index is 10.5. The van der Waals surface area contributed by atoms with E-state index in [0.717, 1.165) is 24.2 Å². The van der Waals surface area contributed by atoms with Gasteiger partial charge in [-0.2, -0.15) is 0 Å². The van der Waals surface area contributed by atoms with Gasteiger partial charge in [0.25, 0.3) is 0 Å². The number of hydrogen-bond acceptors (Lipinski definition) is 2. The van der Waals surface area contributed by atoms with Gasteiger partial charge < -0.3 is 9.84 Å². The molecule has 1 aromatic carbocycles. The highest BCUT2D eigenvalue weighted by Gasteiger charge is 2.04. The molecule has 0 heterocycles. The molecule has 0 spiro atoms. The molecular formula is C14H20O3. The monoisotopic (exact) mass is 236 g/mol. The molecule has 1 rings (SSSR count). The van der Waals surface area contributed by atoms with Crippen molar-refractivity contribution in [3.8, 4) is 5.75 Å². The summed E-state index contributed by atoms with van der Waals surface area (Å²) in [6.07, 6.45) is 3.66. The van der Waals surface area contributed by atoms with Crippen molar-refractivity contribution in [2.75, 3.05) is 0 Å². The minimum Gasteiger partial charge on any atom is -0.491 e. The Bertz CT molecular complexity index is 343. The van der Waals surface area contributed by atoms with Gasteiger partial charge in [-0.3, -0.25) is 4.79 Å². The molecule has 1 atom stereocenters. The third kappa shape index (κ3) is 5.38. The maximum atomic E-state index is 10.5. The van der Waals surface area contributed by atoms with Crippen LogP contribution in [0.25, 0.3) is 0 Å². The molecule has 0 aliphatic heterocycles. The van der Waals surface area contributed by atoms with E-state index in [1.807, 2.05) is 12.1 Å². The van der Waals surface area contributed by atoms with E-state index < -0.39 is 5.97 Å². The third-order valence-corrected chi connectivity index (χ3v) is 2.58. The minimum atomic E-state index is -0.810. The van der Waals surface area contributed by atoms with Crippen LogP contribution in [0.15, 0.2) is 24.3 Å². The average Bonchev–Trinajstić information content (AvgIpc) is 2.28. The lowest BCUT2D eigenvalue weighted by Gasteiger charge is -2.14. The van der Waals surface area contributed by atoms with Gasteiger partial charge in [0.2, 0.25) is 0 Å². The van der Waals surface area contributed by atoms with Crippen LogP contribution in [0.4, 0.5) is 0 Å². The molecule has 94 valence electrons. The lowest BCUT2D eigenvalue weighted by Crippen LogP contribution is -2.11.